The second-order valence-electron chi connectivity index (χ2n) is 4.67. The van der Waals surface area contributed by atoms with Crippen molar-refractivity contribution in [3.8, 4) is 10.4 Å². The third kappa shape index (κ3) is 2.87. The van der Waals surface area contributed by atoms with Gasteiger partial charge in [-0.1, -0.05) is 29.8 Å². The lowest BCUT2D eigenvalue weighted by Gasteiger charge is -2.10. The highest BCUT2D eigenvalue weighted by Crippen LogP contribution is 2.45. The van der Waals surface area contributed by atoms with Crippen LogP contribution in [0.4, 0.5) is 5.69 Å². The molecule has 0 atom stereocenters. The van der Waals surface area contributed by atoms with Crippen LogP contribution in [0, 0.1) is 3.57 Å². The van der Waals surface area contributed by atoms with E-state index >= 15 is 0 Å². The van der Waals surface area contributed by atoms with Gasteiger partial charge in [0, 0.05) is 18.5 Å². The van der Waals surface area contributed by atoms with Gasteiger partial charge in [-0.3, -0.25) is 0 Å². The average molecular weight is 466 g/mol. The summed E-state index contributed by atoms with van der Waals surface area (Å²) in [6.07, 6.45) is 0. The summed E-state index contributed by atoms with van der Waals surface area (Å²) in [5, 5.41) is 9.27. The lowest BCUT2D eigenvalue weighted by Crippen LogP contribution is -2.00. The van der Waals surface area contributed by atoms with E-state index in [1.807, 2.05) is 32.0 Å². The van der Waals surface area contributed by atoms with Crippen molar-refractivity contribution in [1.82, 2.24) is 0 Å². The molecule has 106 valence electrons. The van der Waals surface area contributed by atoms with Crippen LogP contribution in [0.25, 0.3) is 10.4 Å². The Balaban J connectivity index is 2.76. The van der Waals surface area contributed by atoms with Crippen LogP contribution in [0.15, 0.2) is 22.7 Å². The van der Waals surface area contributed by atoms with Crippen molar-refractivity contribution < 1.29 is 9.90 Å². The van der Waals surface area contributed by atoms with Gasteiger partial charge in [0.2, 0.25) is 0 Å². The van der Waals surface area contributed by atoms with E-state index in [4.69, 9.17) is 5.73 Å². The van der Waals surface area contributed by atoms with Crippen molar-refractivity contribution in [3.05, 3.63) is 36.7 Å². The van der Waals surface area contributed by atoms with Gasteiger partial charge in [-0.15, -0.1) is 11.3 Å². The van der Waals surface area contributed by atoms with Crippen LogP contribution in [-0.4, -0.2) is 11.1 Å². The molecule has 3 N–H and O–H groups in total. The maximum Gasteiger partial charge on any atom is 0.348 e. The first-order valence-electron chi connectivity index (χ1n) is 5.93. The number of nitrogens with two attached hydrogens (primary N) is 1. The molecule has 0 aliphatic heterocycles. The molecule has 0 unspecified atom stereocenters. The lowest BCUT2D eigenvalue weighted by atomic mass is 9.98. The average Bonchev–Trinajstić information content (AvgIpc) is 2.70. The van der Waals surface area contributed by atoms with Crippen LogP contribution < -0.4 is 5.73 Å². The van der Waals surface area contributed by atoms with Crippen molar-refractivity contribution in [2.75, 3.05) is 5.73 Å². The number of carboxylic acid groups (broad SMARTS) is 1. The first-order chi connectivity index (χ1) is 9.32. The van der Waals surface area contributed by atoms with E-state index in [9.17, 15) is 9.90 Å². The van der Waals surface area contributed by atoms with Crippen LogP contribution in [0.3, 0.4) is 0 Å². The molecule has 0 radical (unpaired) electrons. The first kappa shape index (κ1) is 15.8. The van der Waals surface area contributed by atoms with Gasteiger partial charge in [-0.25, -0.2) is 4.79 Å². The van der Waals surface area contributed by atoms with Crippen LogP contribution in [-0.2, 0) is 0 Å². The smallest absolute Gasteiger partial charge is 0.348 e. The minimum Gasteiger partial charge on any atom is -0.477 e. The standard InChI is InChI=1S/C14H13BrINO2S/c1-6(2)10-11(17)13(14(18)19)20-12(10)8-5-7(16)3-4-9(8)15/h3-6H,17H2,1-2H3,(H,18,19). The molecule has 0 aliphatic rings. The van der Waals surface area contributed by atoms with Crippen LogP contribution >= 0.6 is 49.9 Å². The number of halogens is 2. The molecular weight excluding hydrogens is 453 g/mol. The predicted octanol–water partition coefficient (Wildman–Crippen LogP) is 5.19. The molecule has 1 aromatic heterocycles. The normalized spacial score (nSPS) is 11.1. The number of rotatable bonds is 3. The molecule has 0 aliphatic carbocycles. The fourth-order valence-electron chi connectivity index (χ4n) is 2.06. The van der Waals surface area contributed by atoms with Crippen molar-refractivity contribution >= 4 is 61.5 Å². The second-order valence-corrected chi connectivity index (χ2v) is 7.79. The molecule has 6 heteroatoms. The summed E-state index contributed by atoms with van der Waals surface area (Å²) in [6, 6.07) is 6.00. The molecule has 1 heterocycles. The number of hydrogen-bond acceptors (Lipinski definition) is 3. The van der Waals surface area contributed by atoms with Crippen molar-refractivity contribution in [1.29, 1.82) is 0 Å². The van der Waals surface area contributed by atoms with Gasteiger partial charge in [-0.2, -0.15) is 0 Å². The van der Waals surface area contributed by atoms with Gasteiger partial charge in [0.25, 0.3) is 0 Å². The quantitative estimate of drug-likeness (QED) is 0.613. The summed E-state index contributed by atoms with van der Waals surface area (Å²) >= 11 is 7.02. The van der Waals surface area contributed by atoms with Gasteiger partial charge in [-0.05, 0) is 52.3 Å². The molecule has 0 saturated carbocycles. The Kier molecular flexibility index (Phi) is 4.76. The number of anilines is 1. The highest BCUT2D eigenvalue weighted by atomic mass is 127. The zero-order valence-electron chi connectivity index (χ0n) is 10.9. The fraction of sp³-hybridized carbons (Fsp3) is 0.214. The number of aromatic carboxylic acids is 1. The maximum atomic E-state index is 11.3. The van der Waals surface area contributed by atoms with Crippen LogP contribution in [0.1, 0.15) is 35.0 Å². The van der Waals surface area contributed by atoms with Crippen molar-refractivity contribution in [3.63, 3.8) is 0 Å². The highest BCUT2D eigenvalue weighted by Gasteiger charge is 2.24. The van der Waals surface area contributed by atoms with Crippen molar-refractivity contribution in [2.24, 2.45) is 0 Å². The van der Waals surface area contributed by atoms with E-state index in [-0.39, 0.29) is 10.8 Å². The maximum absolute atomic E-state index is 11.3. The number of thiophene rings is 1. The zero-order valence-corrected chi connectivity index (χ0v) is 15.5. The molecule has 20 heavy (non-hydrogen) atoms. The fourth-order valence-corrected chi connectivity index (χ4v) is 4.37. The highest BCUT2D eigenvalue weighted by molar-refractivity contribution is 14.1. The van der Waals surface area contributed by atoms with E-state index in [1.165, 1.54) is 11.3 Å². The zero-order chi connectivity index (χ0) is 15.0. The summed E-state index contributed by atoms with van der Waals surface area (Å²) in [6.45, 7) is 4.05. The van der Waals surface area contributed by atoms with Gasteiger partial charge in [0.15, 0.2) is 0 Å². The molecule has 1 aromatic carbocycles. The third-order valence-electron chi connectivity index (χ3n) is 2.93. The van der Waals surface area contributed by atoms with E-state index in [0.29, 0.717) is 5.69 Å². The Morgan fingerprint density at radius 1 is 1.45 bits per heavy atom. The van der Waals surface area contributed by atoms with Gasteiger partial charge in [0.1, 0.15) is 4.88 Å². The molecule has 0 saturated heterocycles. The lowest BCUT2D eigenvalue weighted by molar-refractivity contribution is 0.0703. The second kappa shape index (κ2) is 6.03. The van der Waals surface area contributed by atoms with Crippen molar-refractivity contribution in [2.45, 2.75) is 19.8 Å². The first-order valence-corrected chi connectivity index (χ1v) is 8.62. The van der Waals surface area contributed by atoms with Gasteiger partial charge < -0.3 is 10.8 Å². The van der Waals surface area contributed by atoms with E-state index in [2.05, 4.69) is 38.5 Å². The summed E-state index contributed by atoms with van der Waals surface area (Å²) in [7, 11) is 0. The Bertz CT molecular complexity index is 682. The van der Waals surface area contributed by atoms with Gasteiger partial charge in [0.05, 0.1) is 5.69 Å². The summed E-state index contributed by atoms with van der Waals surface area (Å²) in [4.78, 5) is 12.5. The molecule has 0 bridgehead atoms. The van der Waals surface area contributed by atoms with E-state index < -0.39 is 5.97 Å². The van der Waals surface area contributed by atoms with E-state index in [1.54, 1.807) is 0 Å². The minimum absolute atomic E-state index is 0.166. The Morgan fingerprint density at radius 3 is 2.65 bits per heavy atom. The number of carbonyl (C=O) groups is 1. The molecule has 2 aromatic rings. The molecule has 0 spiro atoms. The molecule has 2 rings (SSSR count). The third-order valence-corrected chi connectivity index (χ3v) is 5.53. The number of nitrogen functional groups attached to an aromatic ring is 1. The van der Waals surface area contributed by atoms with E-state index in [0.717, 1.165) is 24.0 Å². The Morgan fingerprint density at radius 2 is 2.10 bits per heavy atom. The Labute approximate surface area is 143 Å². The number of carboxylic acids is 1. The molecular formula is C14H13BrINO2S. The number of hydrogen-bond donors (Lipinski definition) is 2. The Hall–Kier alpha value is -0.600. The van der Waals surface area contributed by atoms with Crippen LogP contribution in [0.2, 0.25) is 0 Å². The SMILES string of the molecule is CC(C)c1c(-c2cc(I)ccc2Br)sc(C(=O)O)c1N. The summed E-state index contributed by atoms with van der Waals surface area (Å²) < 4.78 is 2.04. The predicted molar refractivity (Wildman–Crippen MR) is 95.6 cm³/mol. The van der Waals surface area contributed by atoms with Crippen LogP contribution in [0.5, 0.6) is 0 Å². The topological polar surface area (TPSA) is 63.3 Å². The molecule has 0 fully saturated rings. The molecule has 0 amide bonds. The molecule has 3 nitrogen and oxygen atoms in total. The number of benzene rings is 1. The summed E-state index contributed by atoms with van der Waals surface area (Å²) in [5.41, 5.74) is 8.33. The summed E-state index contributed by atoms with van der Waals surface area (Å²) in [5.74, 6) is -0.804. The van der Waals surface area contributed by atoms with Gasteiger partial charge >= 0.3 is 5.97 Å². The largest absolute Gasteiger partial charge is 0.477 e. The monoisotopic (exact) mass is 465 g/mol. The minimum atomic E-state index is -0.970.